The Morgan fingerprint density at radius 2 is 1.92 bits per heavy atom. The van der Waals surface area contributed by atoms with Crippen LogP contribution in [-0.4, -0.2) is 53.1 Å². The van der Waals surface area contributed by atoms with E-state index in [2.05, 4.69) is 20.4 Å². The predicted molar refractivity (Wildman–Crippen MR) is 104 cm³/mol. The summed E-state index contributed by atoms with van der Waals surface area (Å²) in [5.41, 5.74) is 0.628. The summed E-state index contributed by atoms with van der Waals surface area (Å²) in [6.07, 6.45) is 0.815. The van der Waals surface area contributed by atoms with Crippen LogP contribution in [0.1, 0.15) is 12.0 Å². The number of para-hydroxylation sites is 1. The molecule has 0 aliphatic rings. The molecule has 0 aliphatic carbocycles. The molecule has 1 aromatic rings. The number of methoxy groups -OCH3 is 1. The third-order valence-corrected chi connectivity index (χ3v) is 3.05. The van der Waals surface area contributed by atoms with Crippen LogP contribution in [0.3, 0.4) is 0 Å². The minimum atomic E-state index is -2.85. The molecule has 0 saturated carbocycles. The molecule has 0 atom stereocenters. The molecule has 25 heavy (non-hydrogen) atoms. The van der Waals surface area contributed by atoms with Crippen LogP contribution >= 0.6 is 24.0 Å². The molecule has 1 aromatic carbocycles. The predicted octanol–water partition coefficient (Wildman–Crippen LogP) is 2.62. The maximum atomic E-state index is 12.4. The Bertz CT molecular complexity index is 493. The summed E-state index contributed by atoms with van der Waals surface area (Å²) in [5.74, 6) is 0.737. The Morgan fingerprint density at radius 3 is 2.60 bits per heavy atom. The highest BCUT2D eigenvalue weighted by Crippen LogP contribution is 2.19. The van der Waals surface area contributed by atoms with Crippen LogP contribution in [0, 0.1) is 0 Å². The van der Waals surface area contributed by atoms with Crippen molar-refractivity contribution in [2.24, 2.45) is 4.99 Å². The van der Waals surface area contributed by atoms with E-state index in [1.54, 1.807) is 32.4 Å². The van der Waals surface area contributed by atoms with E-state index in [4.69, 9.17) is 9.47 Å². The molecule has 6 nitrogen and oxygen atoms in total. The van der Waals surface area contributed by atoms with Crippen LogP contribution in [0.25, 0.3) is 0 Å². The quantitative estimate of drug-likeness (QED) is 0.224. The minimum absolute atomic E-state index is 0. The molecule has 0 aliphatic heterocycles. The van der Waals surface area contributed by atoms with Crippen molar-refractivity contribution in [3.63, 3.8) is 0 Å². The number of aliphatic imine (C=N–C) groups is 1. The maximum Gasteiger partial charge on any atom is 0.387 e. The molecule has 0 aromatic heterocycles. The Kier molecular flexibility index (Phi) is 14.4. The number of ether oxygens (including phenoxy) is 3. The monoisotopic (exact) mass is 473 g/mol. The first-order valence-electron chi connectivity index (χ1n) is 7.71. The highest BCUT2D eigenvalue weighted by atomic mass is 127. The topological polar surface area (TPSA) is 64.1 Å². The number of hydrogen-bond acceptors (Lipinski definition) is 4. The largest absolute Gasteiger partial charge is 0.434 e. The van der Waals surface area contributed by atoms with Crippen LogP contribution in [-0.2, 0) is 16.0 Å². The third-order valence-electron chi connectivity index (χ3n) is 3.05. The molecule has 0 amide bonds. The van der Waals surface area contributed by atoms with E-state index in [0.29, 0.717) is 44.4 Å². The molecule has 1 rings (SSSR count). The lowest BCUT2D eigenvalue weighted by Crippen LogP contribution is -2.37. The van der Waals surface area contributed by atoms with E-state index < -0.39 is 6.61 Å². The van der Waals surface area contributed by atoms with Gasteiger partial charge in [-0.2, -0.15) is 8.78 Å². The van der Waals surface area contributed by atoms with Gasteiger partial charge in [0, 0.05) is 39.4 Å². The molecule has 144 valence electrons. The molecule has 0 fully saturated rings. The molecule has 0 unspecified atom stereocenters. The number of benzene rings is 1. The lowest BCUT2D eigenvalue weighted by molar-refractivity contribution is -0.0504. The highest BCUT2D eigenvalue weighted by molar-refractivity contribution is 14.0. The number of guanidine groups is 1. The smallest absolute Gasteiger partial charge is 0.387 e. The van der Waals surface area contributed by atoms with E-state index >= 15 is 0 Å². The van der Waals surface area contributed by atoms with Crippen molar-refractivity contribution in [2.45, 2.75) is 19.6 Å². The molecule has 0 saturated heterocycles. The lowest BCUT2D eigenvalue weighted by Gasteiger charge is -2.14. The second kappa shape index (κ2) is 15.1. The molecular weight excluding hydrogens is 447 g/mol. The average molecular weight is 473 g/mol. The van der Waals surface area contributed by atoms with Gasteiger partial charge in [0.2, 0.25) is 0 Å². The first kappa shape index (κ1) is 23.8. The van der Waals surface area contributed by atoms with Crippen LogP contribution in [0.5, 0.6) is 5.75 Å². The van der Waals surface area contributed by atoms with Gasteiger partial charge in [0.1, 0.15) is 5.75 Å². The molecule has 0 bridgehead atoms. The van der Waals surface area contributed by atoms with Crippen molar-refractivity contribution in [1.82, 2.24) is 10.6 Å². The zero-order valence-electron chi connectivity index (χ0n) is 14.5. The molecule has 0 spiro atoms. The summed E-state index contributed by atoms with van der Waals surface area (Å²) in [4.78, 5) is 4.09. The number of alkyl halides is 2. The molecule has 2 N–H and O–H groups in total. The summed E-state index contributed by atoms with van der Waals surface area (Å²) >= 11 is 0. The van der Waals surface area contributed by atoms with Gasteiger partial charge >= 0.3 is 6.61 Å². The zero-order chi connectivity index (χ0) is 17.6. The Morgan fingerprint density at radius 1 is 1.16 bits per heavy atom. The van der Waals surface area contributed by atoms with E-state index in [-0.39, 0.29) is 29.7 Å². The Hall–Kier alpha value is -1.20. The number of nitrogens with one attached hydrogen (secondary N) is 2. The van der Waals surface area contributed by atoms with Gasteiger partial charge in [-0.15, -0.1) is 24.0 Å². The number of halogens is 3. The van der Waals surface area contributed by atoms with Gasteiger partial charge in [0.05, 0.1) is 13.2 Å². The summed E-state index contributed by atoms with van der Waals surface area (Å²) in [7, 11) is 3.27. The first-order chi connectivity index (χ1) is 11.7. The number of hydrogen-bond donors (Lipinski definition) is 2. The standard InChI is InChI=1S/C16H25F2N3O3.HI/c1-19-16(20-8-5-9-23-11-10-22-2)21-12-13-6-3-4-7-14(13)24-15(17)18;/h3-4,6-7,15H,5,8-12H2,1-2H3,(H2,19,20,21);1H. The fraction of sp³-hybridized carbons (Fsp3) is 0.562. The molecule has 9 heteroatoms. The Balaban J connectivity index is 0.00000576. The summed E-state index contributed by atoms with van der Waals surface area (Å²) in [5, 5.41) is 6.19. The number of rotatable bonds is 11. The van der Waals surface area contributed by atoms with Crippen molar-refractivity contribution in [3.8, 4) is 5.75 Å². The molecule has 0 heterocycles. The maximum absolute atomic E-state index is 12.4. The van der Waals surface area contributed by atoms with Crippen LogP contribution in [0.15, 0.2) is 29.3 Å². The van der Waals surface area contributed by atoms with Crippen LogP contribution < -0.4 is 15.4 Å². The summed E-state index contributed by atoms with van der Waals surface area (Å²) in [6.45, 7) is -0.0596. The zero-order valence-corrected chi connectivity index (χ0v) is 16.8. The van der Waals surface area contributed by atoms with Crippen molar-refractivity contribution >= 4 is 29.9 Å². The minimum Gasteiger partial charge on any atom is -0.434 e. The van der Waals surface area contributed by atoms with Gasteiger partial charge in [-0.05, 0) is 12.5 Å². The van der Waals surface area contributed by atoms with Gasteiger partial charge in [-0.1, -0.05) is 18.2 Å². The highest BCUT2D eigenvalue weighted by Gasteiger charge is 2.09. The van der Waals surface area contributed by atoms with Crippen molar-refractivity contribution in [2.75, 3.05) is 40.5 Å². The molecular formula is C16H26F2IN3O3. The average Bonchev–Trinajstić information content (AvgIpc) is 2.57. The SMILES string of the molecule is CN=C(NCCCOCCOC)NCc1ccccc1OC(F)F.I. The van der Waals surface area contributed by atoms with Gasteiger partial charge in [0.15, 0.2) is 5.96 Å². The van der Waals surface area contributed by atoms with Crippen molar-refractivity contribution < 1.29 is 23.0 Å². The van der Waals surface area contributed by atoms with Crippen LogP contribution in [0.2, 0.25) is 0 Å². The Labute approximate surface area is 164 Å². The van der Waals surface area contributed by atoms with Gasteiger partial charge in [-0.3, -0.25) is 4.99 Å². The molecule has 0 radical (unpaired) electrons. The second-order valence-corrected chi connectivity index (χ2v) is 4.80. The van der Waals surface area contributed by atoms with Gasteiger partial charge < -0.3 is 24.8 Å². The van der Waals surface area contributed by atoms with E-state index in [0.717, 1.165) is 6.42 Å². The third kappa shape index (κ3) is 11.1. The summed E-state index contributed by atoms with van der Waals surface area (Å²) in [6, 6.07) is 6.65. The van der Waals surface area contributed by atoms with E-state index in [9.17, 15) is 8.78 Å². The second-order valence-electron chi connectivity index (χ2n) is 4.80. The van der Waals surface area contributed by atoms with E-state index in [1.165, 1.54) is 6.07 Å². The van der Waals surface area contributed by atoms with Crippen LogP contribution in [0.4, 0.5) is 8.78 Å². The van der Waals surface area contributed by atoms with E-state index in [1.807, 2.05) is 0 Å². The fourth-order valence-electron chi connectivity index (χ4n) is 1.89. The number of nitrogens with zero attached hydrogens (tertiary/aromatic N) is 1. The normalized spacial score (nSPS) is 11.2. The van der Waals surface area contributed by atoms with Gasteiger partial charge in [0.25, 0.3) is 0 Å². The lowest BCUT2D eigenvalue weighted by atomic mass is 10.2. The van der Waals surface area contributed by atoms with Crippen molar-refractivity contribution in [1.29, 1.82) is 0 Å². The fourth-order valence-corrected chi connectivity index (χ4v) is 1.89. The summed E-state index contributed by atoms with van der Waals surface area (Å²) < 4.78 is 39.5. The van der Waals surface area contributed by atoms with Crippen molar-refractivity contribution in [3.05, 3.63) is 29.8 Å². The first-order valence-corrected chi connectivity index (χ1v) is 7.71. The van der Waals surface area contributed by atoms with Gasteiger partial charge in [-0.25, -0.2) is 0 Å².